The number of carbonyl (C=O) groups is 3. The molecule has 1 aromatic carbocycles. The van der Waals surface area contributed by atoms with E-state index in [2.05, 4.69) is 10.1 Å². The van der Waals surface area contributed by atoms with E-state index < -0.39 is 23.3 Å². The maximum atomic E-state index is 12.2. The molecule has 1 fully saturated rings. The van der Waals surface area contributed by atoms with Gasteiger partial charge in [-0.3, -0.25) is 9.59 Å². The summed E-state index contributed by atoms with van der Waals surface area (Å²) in [5.41, 5.74) is -0.471. The number of carbonyl (C=O) groups excluding carboxylic acids is 2. The summed E-state index contributed by atoms with van der Waals surface area (Å²) in [5.74, 6) is -1.94. The minimum absolute atomic E-state index is 0.0848. The number of anilines is 1. The Hall–Kier alpha value is -2.08. The van der Waals surface area contributed by atoms with E-state index >= 15 is 0 Å². The van der Waals surface area contributed by atoms with Crippen molar-refractivity contribution in [2.24, 2.45) is 5.41 Å². The summed E-state index contributed by atoms with van der Waals surface area (Å²) in [6.45, 7) is 0. The highest BCUT2D eigenvalue weighted by Crippen LogP contribution is 2.41. The molecule has 7 heteroatoms. The molecule has 2 N–H and O–H groups in total. The van der Waals surface area contributed by atoms with Gasteiger partial charge in [0.1, 0.15) is 0 Å². The number of hydrogen-bond acceptors (Lipinski definition) is 4. The van der Waals surface area contributed by atoms with Crippen LogP contribution in [0.25, 0.3) is 0 Å². The number of aliphatic carboxylic acids is 1. The van der Waals surface area contributed by atoms with E-state index in [0.29, 0.717) is 18.5 Å². The first-order valence-electron chi connectivity index (χ1n) is 7.29. The maximum Gasteiger partial charge on any atom is 0.339 e. The van der Waals surface area contributed by atoms with Crippen molar-refractivity contribution in [2.45, 2.75) is 32.1 Å². The third-order valence-electron chi connectivity index (χ3n) is 4.17. The number of hydrogen-bond donors (Lipinski definition) is 2. The Balaban J connectivity index is 2.11. The molecule has 2 rings (SSSR count). The number of methoxy groups -OCH3 is 1. The molecule has 0 atom stereocenters. The molecule has 1 amide bonds. The van der Waals surface area contributed by atoms with Crippen molar-refractivity contribution in [3.05, 3.63) is 28.8 Å². The fraction of sp³-hybridized carbons (Fsp3) is 0.438. The molecule has 0 spiro atoms. The molecule has 1 aromatic rings. The lowest BCUT2D eigenvalue weighted by molar-refractivity contribution is -0.150. The highest BCUT2D eigenvalue weighted by molar-refractivity contribution is 6.33. The predicted molar refractivity (Wildman–Crippen MR) is 84.6 cm³/mol. The molecule has 0 radical (unpaired) electrons. The fourth-order valence-corrected chi connectivity index (χ4v) is 3.09. The monoisotopic (exact) mass is 339 g/mol. The van der Waals surface area contributed by atoms with Crippen molar-refractivity contribution in [3.63, 3.8) is 0 Å². The van der Waals surface area contributed by atoms with Crippen LogP contribution in [-0.2, 0) is 14.3 Å². The van der Waals surface area contributed by atoms with Gasteiger partial charge in [0.25, 0.3) is 0 Å². The average molecular weight is 340 g/mol. The second kappa shape index (κ2) is 7.00. The van der Waals surface area contributed by atoms with E-state index in [1.54, 1.807) is 6.07 Å². The highest BCUT2D eigenvalue weighted by Gasteiger charge is 2.42. The Kier molecular flexibility index (Phi) is 5.26. The van der Waals surface area contributed by atoms with Gasteiger partial charge in [-0.15, -0.1) is 0 Å². The number of ether oxygens (including phenoxy) is 1. The average Bonchev–Trinajstić information content (AvgIpc) is 2.98. The standard InChI is InChI=1S/C16H18ClNO5/c1-23-14(20)11-8-10(4-5-12(11)17)18-13(19)9-16(15(21)22)6-2-3-7-16/h4-5,8H,2-3,6-7,9H2,1H3,(H,18,19)(H,21,22). The normalized spacial score (nSPS) is 15.9. The minimum atomic E-state index is -0.984. The number of carboxylic acids is 1. The van der Waals surface area contributed by atoms with E-state index in [0.717, 1.165) is 12.8 Å². The lowest BCUT2D eigenvalue weighted by Gasteiger charge is -2.22. The Morgan fingerprint density at radius 3 is 2.52 bits per heavy atom. The second-order valence-electron chi connectivity index (χ2n) is 5.70. The highest BCUT2D eigenvalue weighted by atomic mass is 35.5. The number of esters is 1. The minimum Gasteiger partial charge on any atom is -0.481 e. The van der Waals surface area contributed by atoms with Crippen molar-refractivity contribution < 1.29 is 24.2 Å². The summed E-state index contributed by atoms with van der Waals surface area (Å²) in [4.78, 5) is 35.3. The summed E-state index contributed by atoms with van der Waals surface area (Å²) < 4.78 is 4.62. The van der Waals surface area contributed by atoms with Gasteiger partial charge >= 0.3 is 11.9 Å². The maximum absolute atomic E-state index is 12.2. The summed E-state index contributed by atoms with van der Waals surface area (Å²) in [6.07, 6.45) is 2.55. The van der Waals surface area contributed by atoms with Crippen LogP contribution in [0.3, 0.4) is 0 Å². The largest absolute Gasteiger partial charge is 0.481 e. The van der Waals surface area contributed by atoms with Crippen molar-refractivity contribution in [1.82, 2.24) is 0 Å². The molecule has 1 saturated carbocycles. The summed E-state index contributed by atoms with van der Waals surface area (Å²) >= 11 is 5.92. The van der Waals surface area contributed by atoms with Crippen molar-refractivity contribution in [1.29, 1.82) is 0 Å². The third kappa shape index (κ3) is 3.82. The van der Waals surface area contributed by atoms with E-state index in [4.69, 9.17) is 11.6 Å². The van der Waals surface area contributed by atoms with Crippen LogP contribution in [0, 0.1) is 5.41 Å². The van der Waals surface area contributed by atoms with Gasteiger partial charge in [0.2, 0.25) is 5.91 Å². The van der Waals surface area contributed by atoms with E-state index in [1.165, 1.54) is 19.2 Å². The van der Waals surface area contributed by atoms with Gasteiger partial charge in [-0.25, -0.2) is 4.79 Å². The first-order valence-corrected chi connectivity index (χ1v) is 7.67. The topological polar surface area (TPSA) is 92.7 Å². The molecule has 0 saturated heterocycles. The van der Waals surface area contributed by atoms with Crippen LogP contribution in [0.2, 0.25) is 5.02 Å². The number of halogens is 1. The SMILES string of the molecule is COC(=O)c1cc(NC(=O)CC2(C(=O)O)CCCC2)ccc1Cl. The Bertz CT molecular complexity index is 637. The fourth-order valence-electron chi connectivity index (χ4n) is 2.90. The van der Waals surface area contributed by atoms with Gasteiger partial charge in [0.05, 0.1) is 23.1 Å². The lowest BCUT2D eigenvalue weighted by Crippen LogP contribution is -2.32. The number of benzene rings is 1. The molecule has 0 unspecified atom stereocenters. The Labute approximate surface area is 138 Å². The van der Waals surface area contributed by atoms with Crippen LogP contribution in [0.5, 0.6) is 0 Å². The smallest absolute Gasteiger partial charge is 0.339 e. The zero-order valence-corrected chi connectivity index (χ0v) is 13.5. The zero-order chi connectivity index (χ0) is 17.0. The van der Waals surface area contributed by atoms with E-state index in [-0.39, 0.29) is 17.0 Å². The van der Waals surface area contributed by atoms with Crippen LogP contribution in [0.15, 0.2) is 18.2 Å². The summed E-state index contributed by atoms with van der Waals surface area (Å²) in [7, 11) is 1.24. The summed E-state index contributed by atoms with van der Waals surface area (Å²) in [5, 5.41) is 12.2. The Morgan fingerprint density at radius 2 is 1.96 bits per heavy atom. The van der Waals surface area contributed by atoms with Gasteiger partial charge in [-0.05, 0) is 31.0 Å². The number of rotatable bonds is 5. The zero-order valence-electron chi connectivity index (χ0n) is 12.7. The molecule has 0 aliphatic heterocycles. The first kappa shape index (κ1) is 17.3. The number of nitrogens with one attached hydrogen (secondary N) is 1. The van der Waals surface area contributed by atoms with E-state index in [1.807, 2.05) is 0 Å². The third-order valence-corrected chi connectivity index (χ3v) is 4.50. The Morgan fingerprint density at radius 1 is 1.30 bits per heavy atom. The van der Waals surface area contributed by atoms with Gasteiger partial charge in [0.15, 0.2) is 0 Å². The van der Waals surface area contributed by atoms with Crippen molar-refractivity contribution in [2.75, 3.05) is 12.4 Å². The first-order chi connectivity index (χ1) is 10.9. The van der Waals surface area contributed by atoms with Crippen LogP contribution < -0.4 is 5.32 Å². The van der Waals surface area contributed by atoms with E-state index in [9.17, 15) is 19.5 Å². The number of carboxylic acid groups (broad SMARTS) is 1. The molecule has 0 aromatic heterocycles. The molecule has 1 aliphatic carbocycles. The van der Waals surface area contributed by atoms with Gasteiger partial charge < -0.3 is 15.2 Å². The van der Waals surface area contributed by atoms with Gasteiger partial charge in [-0.1, -0.05) is 24.4 Å². The second-order valence-corrected chi connectivity index (χ2v) is 6.11. The molecule has 0 bridgehead atoms. The molecule has 6 nitrogen and oxygen atoms in total. The molecular weight excluding hydrogens is 322 g/mol. The summed E-state index contributed by atoms with van der Waals surface area (Å²) in [6, 6.07) is 4.44. The van der Waals surface area contributed by atoms with Crippen molar-refractivity contribution >= 4 is 35.1 Å². The number of amides is 1. The van der Waals surface area contributed by atoms with Crippen LogP contribution >= 0.6 is 11.6 Å². The van der Waals surface area contributed by atoms with Crippen LogP contribution in [0.1, 0.15) is 42.5 Å². The quantitative estimate of drug-likeness (QED) is 0.804. The van der Waals surface area contributed by atoms with Crippen LogP contribution in [-0.4, -0.2) is 30.1 Å². The molecule has 23 heavy (non-hydrogen) atoms. The van der Waals surface area contributed by atoms with Gasteiger partial charge in [-0.2, -0.15) is 0 Å². The molecule has 0 heterocycles. The molecular formula is C16H18ClNO5. The van der Waals surface area contributed by atoms with Gasteiger partial charge in [0, 0.05) is 12.1 Å². The molecule has 1 aliphatic rings. The van der Waals surface area contributed by atoms with Crippen LogP contribution in [0.4, 0.5) is 5.69 Å². The van der Waals surface area contributed by atoms with Crippen molar-refractivity contribution in [3.8, 4) is 0 Å². The molecule has 124 valence electrons. The lowest BCUT2D eigenvalue weighted by atomic mass is 9.82. The predicted octanol–water partition coefficient (Wildman–Crippen LogP) is 3.10.